The zero-order chi connectivity index (χ0) is 14.1. The number of aromatic carboxylic acids is 1. The quantitative estimate of drug-likeness (QED) is 0.716. The summed E-state index contributed by atoms with van der Waals surface area (Å²) in [6.07, 6.45) is 0. The maximum Gasteiger partial charge on any atom is 0.338 e. The van der Waals surface area contributed by atoms with E-state index in [-0.39, 0.29) is 10.7 Å². The summed E-state index contributed by atoms with van der Waals surface area (Å²) in [7, 11) is 0. The number of pyridine rings is 1. The molecule has 4 nitrogen and oxygen atoms in total. The molecule has 0 aliphatic heterocycles. The van der Waals surface area contributed by atoms with E-state index in [1.54, 1.807) is 0 Å². The summed E-state index contributed by atoms with van der Waals surface area (Å²) in [6.45, 7) is 0. The smallest absolute Gasteiger partial charge is 0.338 e. The summed E-state index contributed by atoms with van der Waals surface area (Å²) in [5.41, 5.74) is 1.13. The number of aromatic nitrogens is 2. The number of halogens is 1. The molecule has 0 fully saturated rings. The van der Waals surface area contributed by atoms with Crippen molar-refractivity contribution in [3.8, 4) is 0 Å². The van der Waals surface area contributed by atoms with E-state index in [4.69, 9.17) is 16.7 Å². The van der Waals surface area contributed by atoms with Gasteiger partial charge < -0.3 is 10.1 Å². The van der Waals surface area contributed by atoms with Crippen molar-refractivity contribution >= 4 is 40.2 Å². The fourth-order valence-electron chi connectivity index (χ4n) is 1.86. The minimum Gasteiger partial charge on any atom is -0.478 e. The van der Waals surface area contributed by atoms with Crippen molar-refractivity contribution in [1.29, 1.82) is 0 Å². The van der Waals surface area contributed by atoms with Crippen LogP contribution in [0.1, 0.15) is 10.4 Å². The van der Waals surface area contributed by atoms with Gasteiger partial charge in [0.2, 0.25) is 0 Å². The van der Waals surface area contributed by atoms with E-state index in [0.717, 1.165) is 15.9 Å². The molecule has 0 amide bonds. The summed E-state index contributed by atoms with van der Waals surface area (Å²) in [4.78, 5) is 18.5. The Hall–Kier alpha value is -1.98. The van der Waals surface area contributed by atoms with Crippen LogP contribution < -0.4 is 0 Å². The lowest BCUT2D eigenvalue weighted by Gasteiger charge is -2.03. The van der Waals surface area contributed by atoms with E-state index >= 15 is 0 Å². The summed E-state index contributed by atoms with van der Waals surface area (Å²) in [5.74, 6) is -1.02. The number of carboxylic acids is 1. The van der Waals surface area contributed by atoms with Crippen LogP contribution in [0.5, 0.6) is 0 Å². The molecule has 1 aromatic carbocycles. The lowest BCUT2D eigenvalue weighted by molar-refractivity contribution is 0.0692. The first-order valence-corrected chi connectivity index (χ1v) is 6.98. The summed E-state index contributed by atoms with van der Waals surface area (Å²) >= 11 is 7.09. The van der Waals surface area contributed by atoms with Gasteiger partial charge in [0, 0.05) is 10.9 Å². The largest absolute Gasteiger partial charge is 0.478 e. The van der Waals surface area contributed by atoms with Crippen LogP contribution in [0.25, 0.3) is 10.9 Å². The normalized spacial score (nSPS) is 10.8. The van der Waals surface area contributed by atoms with Crippen LogP contribution in [0.4, 0.5) is 0 Å². The molecule has 6 heteroatoms. The van der Waals surface area contributed by atoms with Gasteiger partial charge in [-0.3, -0.25) is 0 Å². The Morgan fingerprint density at radius 3 is 2.80 bits per heavy atom. The van der Waals surface area contributed by atoms with E-state index in [1.165, 1.54) is 23.9 Å². The van der Waals surface area contributed by atoms with Gasteiger partial charge >= 0.3 is 5.97 Å². The molecule has 0 unspecified atom stereocenters. The lowest BCUT2D eigenvalue weighted by Crippen LogP contribution is -2.00. The fourth-order valence-corrected chi connectivity index (χ4v) is 3.03. The van der Waals surface area contributed by atoms with E-state index < -0.39 is 5.97 Å². The van der Waals surface area contributed by atoms with Crippen molar-refractivity contribution in [1.82, 2.24) is 9.97 Å². The Bertz CT molecular complexity index is 768. The first kappa shape index (κ1) is 13.0. The highest BCUT2D eigenvalue weighted by molar-refractivity contribution is 7.99. The molecule has 0 aliphatic carbocycles. The van der Waals surface area contributed by atoms with E-state index in [0.29, 0.717) is 5.03 Å². The molecule has 2 heterocycles. The van der Waals surface area contributed by atoms with Crippen LogP contribution >= 0.6 is 23.4 Å². The predicted molar refractivity (Wildman–Crippen MR) is 78.6 cm³/mol. The molecule has 2 N–H and O–H groups in total. The van der Waals surface area contributed by atoms with Crippen LogP contribution in [0.3, 0.4) is 0 Å². The van der Waals surface area contributed by atoms with Gasteiger partial charge in [0.25, 0.3) is 0 Å². The minimum absolute atomic E-state index is 0.137. The van der Waals surface area contributed by atoms with E-state index in [1.807, 2.05) is 30.3 Å². The van der Waals surface area contributed by atoms with Gasteiger partial charge in [-0.05, 0) is 24.3 Å². The fraction of sp³-hybridized carbons (Fsp3) is 0. The second-order valence-electron chi connectivity index (χ2n) is 4.11. The topological polar surface area (TPSA) is 66.0 Å². The van der Waals surface area contributed by atoms with Crippen LogP contribution in [-0.2, 0) is 0 Å². The van der Waals surface area contributed by atoms with Crippen LogP contribution in [0.15, 0.2) is 52.5 Å². The van der Waals surface area contributed by atoms with Crippen LogP contribution in [0.2, 0.25) is 5.15 Å². The number of benzene rings is 1. The van der Waals surface area contributed by atoms with Crippen LogP contribution in [0, 0.1) is 0 Å². The monoisotopic (exact) mass is 304 g/mol. The minimum atomic E-state index is -1.02. The summed E-state index contributed by atoms with van der Waals surface area (Å²) in [6, 6.07) is 12.7. The number of nitrogens with zero attached hydrogens (tertiary/aromatic N) is 1. The van der Waals surface area contributed by atoms with Gasteiger partial charge in [-0.25, -0.2) is 9.78 Å². The third-order valence-electron chi connectivity index (χ3n) is 2.77. The van der Waals surface area contributed by atoms with Crippen molar-refractivity contribution in [2.24, 2.45) is 0 Å². The Morgan fingerprint density at radius 1 is 1.25 bits per heavy atom. The SMILES string of the molecule is O=C(O)c1ccc(Cl)nc1Sc1cc2ccccc2[nH]1. The standard InChI is InChI=1S/C14H9ClN2O2S/c15-11-6-5-9(14(18)19)13(17-11)20-12-7-8-3-1-2-4-10(8)16-12/h1-7,16H,(H,18,19). The third-order valence-corrected chi connectivity index (χ3v) is 3.92. The van der Waals surface area contributed by atoms with E-state index in [2.05, 4.69) is 9.97 Å². The van der Waals surface area contributed by atoms with Gasteiger partial charge in [-0.15, -0.1) is 0 Å². The number of nitrogens with one attached hydrogen (secondary N) is 1. The maximum atomic E-state index is 11.2. The average Bonchev–Trinajstić information content (AvgIpc) is 2.80. The van der Waals surface area contributed by atoms with Crippen molar-refractivity contribution in [3.05, 3.63) is 53.2 Å². The third kappa shape index (κ3) is 2.50. The number of carbonyl (C=O) groups is 1. The zero-order valence-electron chi connectivity index (χ0n) is 10.1. The molecule has 0 bridgehead atoms. The summed E-state index contributed by atoms with van der Waals surface area (Å²) < 4.78 is 0. The number of carboxylic acid groups (broad SMARTS) is 1. The Labute approximate surface area is 123 Å². The molecule has 3 rings (SSSR count). The van der Waals surface area contributed by atoms with Gasteiger partial charge in [0.05, 0.1) is 10.6 Å². The highest BCUT2D eigenvalue weighted by atomic mass is 35.5. The van der Waals surface area contributed by atoms with Crippen molar-refractivity contribution < 1.29 is 9.90 Å². The second kappa shape index (κ2) is 5.19. The molecule has 0 radical (unpaired) electrons. The number of hydrogen-bond acceptors (Lipinski definition) is 3. The van der Waals surface area contributed by atoms with Crippen molar-refractivity contribution in [3.63, 3.8) is 0 Å². The number of rotatable bonds is 3. The molecule has 0 spiro atoms. The Morgan fingerprint density at radius 2 is 2.05 bits per heavy atom. The van der Waals surface area contributed by atoms with Gasteiger partial charge in [-0.2, -0.15) is 0 Å². The molecule has 0 saturated carbocycles. The molecule has 20 heavy (non-hydrogen) atoms. The molecule has 0 atom stereocenters. The molecule has 0 saturated heterocycles. The highest BCUT2D eigenvalue weighted by Gasteiger charge is 2.14. The Kier molecular flexibility index (Phi) is 3.38. The van der Waals surface area contributed by atoms with E-state index in [9.17, 15) is 4.79 Å². The van der Waals surface area contributed by atoms with Gasteiger partial charge in [0.1, 0.15) is 10.2 Å². The van der Waals surface area contributed by atoms with Crippen molar-refractivity contribution in [2.45, 2.75) is 10.1 Å². The molecule has 3 aromatic rings. The molecule has 2 aromatic heterocycles. The molecular formula is C14H9ClN2O2S. The highest BCUT2D eigenvalue weighted by Crippen LogP contribution is 2.31. The second-order valence-corrected chi connectivity index (χ2v) is 5.53. The lowest BCUT2D eigenvalue weighted by atomic mass is 10.3. The summed E-state index contributed by atoms with van der Waals surface area (Å²) in [5, 5.41) is 11.7. The zero-order valence-corrected chi connectivity index (χ0v) is 11.7. The van der Waals surface area contributed by atoms with Gasteiger partial charge in [0.15, 0.2) is 0 Å². The number of para-hydroxylation sites is 1. The molecular weight excluding hydrogens is 296 g/mol. The first-order valence-electron chi connectivity index (χ1n) is 5.79. The number of hydrogen-bond donors (Lipinski definition) is 2. The number of H-pyrrole nitrogens is 1. The maximum absolute atomic E-state index is 11.2. The number of aromatic amines is 1. The van der Waals surface area contributed by atoms with Crippen LogP contribution in [-0.4, -0.2) is 21.0 Å². The molecule has 0 aliphatic rings. The Balaban J connectivity index is 2.01. The number of fused-ring (bicyclic) bond motifs is 1. The average molecular weight is 305 g/mol. The van der Waals surface area contributed by atoms with Gasteiger partial charge in [-0.1, -0.05) is 41.6 Å². The van der Waals surface area contributed by atoms with Crippen molar-refractivity contribution in [2.75, 3.05) is 0 Å². The first-order chi connectivity index (χ1) is 9.63. The molecule has 100 valence electrons. The predicted octanol–water partition coefficient (Wildman–Crippen LogP) is 4.07.